The van der Waals surface area contributed by atoms with E-state index in [0.29, 0.717) is 25.3 Å². The number of nitrogens with one attached hydrogen (secondary N) is 1. The number of carbonyl (C=O) groups excluding carboxylic acids is 1. The number of aliphatic carboxylic acids is 1. The zero-order valence-corrected chi connectivity index (χ0v) is 12.3. The Kier molecular flexibility index (Phi) is 5.79. The summed E-state index contributed by atoms with van der Waals surface area (Å²) >= 11 is 0. The minimum atomic E-state index is -0.836. The van der Waals surface area contributed by atoms with Crippen LogP contribution in [0.3, 0.4) is 0 Å². The first kappa shape index (κ1) is 16.0. The van der Waals surface area contributed by atoms with E-state index in [1.54, 1.807) is 0 Å². The summed E-state index contributed by atoms with van der Waals surface area (Å²) in [6.45, 7) is 4.64. The third-order valence-corrected chi connectivity index (χ3v) is 4.34. The molecule has 0 aromatic rings. The molecule has 0 bridgehead atoms. The van der Waals surface area contributed by atoms with Crippen LogP contribution >= 0.6 is 0 Å². The van der Waals surface area contributed by atoms with E-state index in [4.69, 9.17) is 0 Å². The van der Waals surface area contributed by atoms with Gasteiger partial charge in [-0.05, 0) is 39.8 Å². The topological polar surface area (TPSA) is 69.6 Å². The lowest BCUT2D eigenvalue weighted by Crippen LogP contribution is -2.42. The molecule has 0 heterocycles. The fourth-order valence-electron chi connectivity index (χ4n) is 2.60. The van der Waals surface area contributed by atoms with Crippen molar-refractivity contribution in [3.63, 3.8) is 0 Å². The fourth-order valence-corrected chi connectivity index (χ4v) is 2.60. The molecule has 0 radical (unpaired) electrons. The van der Waals surface area contributed by atoms with Gasteiger partial charge in [0.25, 0.3) is 0 Å². The normalized spacial score (nSPS) is 28.4. The van der Waals surface area contributed by atoms with Crippen LogP contribution in [-0.2, 0) is 9.59 Å². The van der Waals surface area contributed by atoms with Crippen LogP contribution in [0.5, 0.6) is 0 Å². The lowest BCUT2D eigenvalue weighted by atomic mass is 9.95. The third-order valence-electron chi connectivity index (χ3n) is 4.34. The highest BCUT2D eigenvalue weighted by atomic mass is 16.4. The van der Waals surface area contributed by atoms with Crippen molar-refractivity contribution >= 4 is 11.9 Å². The van der Waals surface area contributed by atoms with Crippen molar-refractivity contribution in [3.8, 4) is 0 Å². The molecular weight excluding hydrogens is 244 g/mol. The number of carbonyl (C=O) groups is 2. The molecule has 5 nitrogen and oxygen atoms in total. The molecule has 0 aliphatic heterocycles. The standard InChI is InChI=1S/C14H26N2O3/c1-5-10-6-11(12(7-10)14(18)19)13(17)15-8-9(2)16(3)4/h9-12H,5-8H2,1-4H3,(H,15,17)(H,18,19)/t9?,10?,11-,12+/m0/s1. The van der Waals surface area contributed by atoms with Crippen LogP contribution in [0.4, 0.5) is 0 Å². The summed E-state index contributed by atoms with van der Waals surface area (Å²) in [5.41, 5.74) is 0. The SMILES string of the molecule is CCC1C[C@H](C(=O)NCC(C)N(C)C)[C@H](C(=O)O)C1. The van der Waals surface area contributed by atoms with Gasteiger partial charge in [-0.15, -0.1) is 0 Å². The molecule has 2 unspecified atom stereocenters. The molecule has 0 aromatic carbocycles. The highest BCUT2D eigenvalue weighted by Crippen LogP contribution is 2.38. The van der Waals surface area contributed by atoms with Crippen molar-refractivity contribution in [2.45, 2.75) is 39.2 Å². The van der Waals surface area contributed by atoms with E-state index in [2.05, 4.69) is 12.2 Å². The molecule has 1 fully saturated rings. The van der Waals surface area contributed by atoms with E-state index in [1.807, 2.05) is 25.9 Å². The average molecular weight is 270 g/mol. The molecule has 0 spiro atoms. The average Bonchev–Trinajstić information content (AvgIpc) is 2.79. The van der Waals surface area contributed by atoms with E-state index in [0.717, 1.165) is 6.42 Å². The summed E-state index contributed by atoms with van der Waals surface area (Å²) in [5.74, 6) is -1.45. The van der Waals surface area contributed by atoms with Crippen molar-refractivity contribution in [1.29, 1.82) is 0 Å². The van der Waals surface area contributed by atoms with Gasteiger partial charge in [0, 0.05) is 12.6 Å². The van der Waals surface area contributed by atoms with Gasteiger partial charge in [-0.2, -0.15) is 0 Å². The number of hydrogen-bond donors (Lipinski definition) is 2. The first-order valence-corrected chi connectivity index (χ1v) is 7.03. The van der Waals surface area contributed by atoms with Crippen LogP contribution in [0, 0.1) is 17.8 Å². The van der Waals surface area contributed by atoms with Crippen molar-refractivity contribution in [1.82, 2.24) is 10.2 Å². The number of carboxylic acid groups (broad SMARTS) is 1. The number of nitrogens with zero attached hydrogens (tertiary/aromatic N) is 1. The molecule has 4 atom stereocenters. The lowest BCUT2D eigenvalue weighted by Gasteiger charge is -2.22. The van der Waals surface area contributed by atoms with Crippen LogP contribution in [0.15, 0.2) is 0 Å². The quantitative estimate of drug-likeness (QED) is 0.760. The van der Waals surface area contributed by atoms with Crippen LogP contribution in [0.1, 0.15) is 33.1 Å². The monoisotopic (exact) mass is 270 g/mol. The summed E-state index contributed by atoms with van der Waals surface area (Å²) in [5, 5.41) is 12.1. The molecule has 19 heavy (non-hydrogen) atoms. The maximum Gasteiger partial charge on any atom is 0.307 e. The second kappa shape index (κ2) is 6.89. The van der Waals surface area contributed by atoms with Crippen molar-refractivity contribution in [2.75, 3.05) is 20.6 Å². The third kappa shape index (κ3) is 4.20. The van der Waals surface area contributed by atoms with Gasteiger partial charge in [0.1, 0.15) is 0 Å². The summed E-state index contributed by atoms with van der Waals surface area (Å²) in [6, 6.07) is 0.246. The van der Waals surface area contributed by atoms with Crippen molar-refractivity contribution in [3.05, 3.63) is 0 Å². The number of carboxylic acids is 1. The number of likely N-dealkylation sites (N-methyl/N-ethyl adjacent to an activating group) is 1. The second-order valence-electron chi connectivity index (χ2n) is 5.85. The smallest absolute Gasteiger partial charge is 0.307 e. The molecule has 1 aliphatic carbocycles. The predicted molar refractivity (Wildman–Crippen MR) is 73.8 cm³/mol. The zero-order chi connectivity index (χ0) is 14.6. The number of rotatable bonds is 6. The van der Waals surface area contributed by atoms with Gasteiger partial charge in [0.15, 0.2) is 0 Å². The largest absolute Gasteiger partial charge is 0.481 e. The minimum Gasteiger partial charge on any atom is -0.481 e. The van der Waals surface area contributed by atoms with Gasteiger partial charge < -0.3 is 15.3 Å². The van der Waals surface area contributed by atoms with Gasteiger partial charge >= 0.3 is 5.97 Å². The first-order chi connectivity index (χ1) is 8.86. The predicted octanol–water partition coefficient (Wildman–Crippen LogP) is 1.19. The van der Waals surface area contributed by atoms with E-state index in [1.165, 1.54) is 0 Å². The van der Waals surface area contributed by atoms with Gasteiger partial charge in [0.05, 0.1) is 11.8 Å². The lowest BCUT2D eigenvalue weighted by molar-refractivity contribution is -0.146. The fraction of sp³-hybridized carbons (Fsp3) is 0.857. The first-order valence-electron chi connectivity index (χ1n) is 7.03. The maximum atomic E-state index is 12.2. The summed E-state index contributed by atoms with van der Waals surface area (Å²) in [6.07, 6.45) is 2.28. The summed E-state index contributed by atoms with van der Waals surface area (Å²) in [4.78, 5) is 25.4. The van der Waals surface area contributed by atoms with E-state index >= 15 is 0 Å². The number of hydrogen-bond acceptors (Lipinski definition) is 3. The van der Waals surface area contributed by atoms with Crippen LogP contribution in [0.2, 0.25) is 0 Å². The number of amides is 1. The van der Waals surface area contributed by atoms with Crippen LogP contribution < -0.4 is 5.32 Å². The van der Waals surface area contributed by atoms with Crippen LogP contribution in [-0.4, -0.2) is 48.6 Å². The highest BCUT2D eigenvalue weighted by molar-refractivity contribution is 5.85. The molecule has 0 aromatic heterocycles. The van der Waals surface area contributed by atoms with E-state index in [9.17, 15) is 14.7 Å². The zero-order valence-electron chi connectivity index (χ0n) is 12.3. The Bertz CT molecular complexity index is 331. The van der Waals surface area contributed by atoms with Gasteiger partial charge in [-0.1, -0.05) is 13.3 Å². The molecule has 5 heteroatoms. The summed E-state index contributed by atoms with van der Waals surface area (Å²) < 4.78 is 0. The molecule has 110 valence electrons. The van der Waals surface area contributed by atoms with E-state index in [-0.39, 0.29) is 17.9 Å². The van der Waals surface area contributed by atoms with Crippen molar-refractivity contribution < 1.29 is 14.7 Å². The highest BCUT2D eigenvalue weighted by Gasteiger charge is 2.41. The van der Waals surface area contributed by atoms with E-state index < -0.39 is 11.9 Å². The van der Waals surface area contributed by atoms with Crippen LogP contribution in [0.25, 0.3) is 0 Å². The Labute approximate surface area is 115 Å². The summed E-state index contributed by atoms with van der Waals surface area (Å²) in [7, 11) is 3.92. The minimum absolute atomic E-state index is 0.1000. The molecule has 1 rings (SSSR count). The Morgan fingerprint density at radius 3 is 2.37 bits per heavy atom. The Hall–Kier alpha value is -1.10. The Morgan fingerprint density at radius 1 is 1.32 bits per heavy atom. The molecule has 2 N–H and O–H groups in total. The van der Waals surface area contributed by atoms with Crippen molar-refractivity contribution in [2.24, 2.45) is 17.8 Å². The molecular formula is C14H26N2O3. The van der Waals surface area contributed by atoms with Gasteiger partial charge in [0.2, 0.25) is 5.91 Å². The Morgan fingerprint density at radius 2 is 1.89 bits per heavy atom. The maximum absolute atomic E-state index is 12.2. The molecule has 1 aliphatic rings. The van der Waals surface area contributed by atoms with Gasteiger partial charge in [-0.3, -0.25) is 9.59 Å². The Balaban J connectivity index is 2.56. The molecule has 1 amide bonds. The molecule has 1 saturated carbocycles. The molecule has 0 saturated heterocycles. The second-order valence-corrected chi connectivity index (χ2v) is 5.85. The van der Waals surface area contributed by atoms with Gasteiger partial charge in [-0.25, -0.2) is 0 Å².